The lowest BCUT2D eigenvalue weighted by Crippen LogP contribution is -2.49. The third-order valence-corrected chi connectivity index (χ3v) is 4.77. The lowest BCUT2D eigenvalue weighted by molar-refractivity contribution is 0.0620. The van der Waals surface area contributed by atoms with Gasteiger partial charge in [-0.3, -0.25) is 9.69 Å². The molecule has 0 aromatic heterocycles. The zero-order chi connectivity index (χ0) is 19.2. The van der Waals surface area contributed by atoms with Crippen LogP contribution in [0, 0.1) is 17.1 Å². The average Bonchev–Trinajstić information content (AvgIpc) is 2.68. The van der Waals surface area contributed by atoms with Gasteiger partial charge in [0, 0.05) is 32.7 Å². The van der Waals surface area contributed by atoms with Crippen molar-refractivity contribution in [1.82, 2.24) is 9.80 Å². The number of benzene rings is 2. The van der Waals surface area contributed by atoms with Gasteiger partial charge in [-0.1, -0.05) is 17.7 Å². The second kappa shape index (κ2) is 8.85. The third kappa shape index (κ3) is 4.97. The quantitative estimate of drug-likeness (QED) is 0.790. The predicted molar refractivity (Wildman–Crippen MR) is 100 cm³/mol. The van der Waals surface area contributed by atoms with E-state index >= 15 is 0 Å². The SMILES string of the molecule is N#Cc1cccc(OCCN2CCN(C(=O)c3ccc(F)cc3Cl)CC2)c1. The first-order valence-corrected chi connectivity index (χ1v) is 9.04. The molecule has 5 nitrogen and oxygen atoms in total. The van der Waals surface area contributed by atoms with Crippen molar-refractivity contribution >= 4 is 17.5 Å². The molecule has 1 heterocycles. The Bertz CT molecular complexity index is 861. The Morgan fingerprint density at radius 2 is 1.96 bits per heavy atom. The molecule has 0 spiro atoms. The zero-order valence-corrected chi connectivity index (χ0v) is 15.5. The highest BCUT2D eigenvalue weighted by molar-refractivity contribution is 6.33. The van der Waals surface area contributed by atoms with Gasteiger partial charge in [-0.15, -0.1) is 0 Å². The number of nitrogens with zero attached hydrogens (tertiary/aromatic N) is 3. The number of carbonyl (C=O) groups excluding carboxylic acids is 1. The molecule has 140 valence electrons. The summed E-state index contributed by atoms with van der Waals surface area (Å²) in [5.74, 6) is 0.0414. The van der Waals surface area contributed by atoms with E-state index in [0.717, 1.165) is 25.7 Å². The Kier molecular flexibility index (Phi) is 6.28. The Labute approximate surface area is 162 Å². The van der Waals surface area contributed by atoms with Gasteiger partial charge in [-0.25, -0.2) is 4.39 Å². The smallest absolute Gasteiger partial charge is 0.255 e. The monoisotopic (exact) mass is 387 g/mol. The van der Waals surface area contributed by atoms with E-state index in [9.17, 15) is 9.18 Å². The van der Waals surface area contributed by atoms with E-state index < -0.39 is 5.82 Å². The Balaban J connectivity index is 1.46. The zero-order valence-electron chi connectivity index (χ0n) is 14.7. The molecule has 0 radical (unpaired) electrons. The first-order chi connectivity index (χ1) is 13.1. The Morgan fingerprint density at radius 1 is 1.19 bits per heavy atom. The number of amides is 1. The number of hydrogen-bond acceptors (Lipinski definition) is 4. The van der Waals surface area contributed by atoms with Gasteiger partial charge in [-0.2, -0.15) is 5.26 Å². The fraction of sp³-hybridized carbons (Fsp3) is 0.300. The standard InChI is InChI=1S/C20H19ClFN3O2/c21-19-13-16(22)4-5-18(19)20(26)25-8-6-24(7-9-25)10-11-27-17-3-1-2-15(12-17)14-23/h1-5,12-13H,6-11H2. The number of rotatable bonds is 5. The molecule has 0 bridgehead atoms. The molecule has 0 aliphatic carbocycles. The first kappa shape index (κ1) is 19.2. The molecular weight excluding hydrogens is 369 g/mol. The maximum atomic E-state index is 13.1. The lowest BCUT2D eigenvalue weighted by atomic mass is 10.1. The van der Waals surface area contributed by atoms with Gasteiger partial charge in [-0.05, 0) is 36.4 Å². The van der Waals surface area contributed by atoms with Gasteiger partial charge < -0.3 is 9.64 Å². The predicted octanol–water partition coefficient (Wildman–Crippen LogP) is 3.19. The van der Waals surface area contributed by atoms with Crippen LogP contribution < -0.4 is 4.74 Å². The fourth-order valence-corrected chi connectivity index (χ4v) is 3.20. The van der Waals surface area contributed by atoms with Gasteiger partial charge in [0.25, 0.3) is 5.91 Å². The van der Waals surface area contributed by atoms with E-state index in [2.05, 4.69) is 11.0 Å². The van der Waals surface area contributed by atoms with E-state index in [1.165, 1.54) is 12.1 Å². The lowest BCUT2D eigenvalue weighted by Gasteiger charge is -2.34. The van der Waals surface area contributed by atoms with Gasteiger partial charge in [0.15, 0.2) is 0 Å². The van der Waals surface area contributed by atoms with Crippen molar-refractivity contribution < 1.29 is 13.9 Å². The van der Waals surface area contributed by atoms with Crippen LogP contribution in [0.4, 0.5) is 4.39 Å². The number of ether oxygens (including phenoxy) is 1. The Hall–Kier alpha value is -2.62. The molecule has 0 N–H and O–H groups in total. The molecule has 7 heteroatoms. The maximum absolute atomic E-state index is 13.1. The number of hydrogen-bond donors (Lipinski definition) is 0. The molecule has 1 fully saturated rings. The van der Waals surface area contributed by atoms with E-state index in [-0.39, 0.29) is 10.9 Å². The highest BCUT2D eigenvalue weighted by Gasteiger charge is 2.23. The minimum absolute atomic E-state index is 0.135. The summed E-state index contributed by atoms with van der Waals surface area (Å²) >= 11 is 5.99. The largest absolute Gasteiger partial charge is 0.492 e. The molecule has 2 aromatic rings. The van der Waals surface area contributed by atoms with Crippen molar-refractivity contribution in [3.05, 3.63) is 64.4 Å². The normalized spacial score (nSPS) is 14.6. The van der Waals surface area contributed by atoms with Crippen LogP contribution >= 0.6 is 11.6 Å². The van der Waals surface area contributed by atoms with E-state index in [1.54, 1.807) is 23.1 Å². The van der Waals surface area contributed by atoms with Crippen LogP contribution in [-0.4, -0.2) is 55.0 Å². The van der Waals surface area contributed by atoms with Crippen LogP contribution in [0.5, 0.6) is 5.75 Å². The molecule has 2 aromatic carbocycles. The average molecular weight is 388 g/mol. The fourth-order valence-electron chi connectivity index (χ4n) is 2.96. The summed E-state index contributed by atoms with van der Waals surface area (Å²) in [5.41, 5.74) is 0.895. The summed E-state index contributed by atoms with van der Waals surface area (Å²) in [5, 5.41) is 9.04. The van der Waals surface area contributed by atoms with Crippen molar-refractivity contribution in [3.8, 4) is 11.8 Å². The van der Waals surface area contributed by atoms with Gasteiger partial charge in [0.05, 0.1) is 22.2 Å². The van der Waals surface area contributed by atoms with Crippen molar-refractivity contribution in [3.63, 3.8) is 0 Å². The van der Waals surface area contributed by atoms with Crippen molar-refractivity contribution in [2.75, 3.05) is 39.3 Å². The molecule has 1 saturated heterocycles. The highest BCUT2D eigenvalue weighted by Crippen LogP contribution is 2.20. The molecular formula is C20H19ClFN3O2. The molecule has 1 amide bonds. The summed E-state index contributed by atoms with van der Waals surface area (Å²) in [4.78, 5) is 16.5. The molecule has 0 saturated carbocycles. The van der Waals surface area contributed by atoms with Crippen LogP contribution in [0.3, 0.4) is 0 Å². The number of halogens is 2. The highest BCUT2D eigenvalue weighted by atomic mass is 35.5. The summed E-state index contributed by atoms with van der Waals surface area (Å²) in [7, 11) is 0. The summed E-state index contributed by atoms with van der Waals surface area (Å²) in [6, 6.07) is 13.0. The van der Waals surface area contributed by atoms with Crippen LogP contribution in [-0.2, 0) is 0 Å². The van der Waals surface area contributed by atoms with Crippen molar-refractivity contribution in [2.24, 2.45) is 0 Å². The molecule has 3 rings (SSSR count). The number of piperazine rings is 1. The van der Waals surface area contributed by atoms with Crippen LogP contribution in [0.25, 0.3) is 0 Å². The van der Waals surface area contributed by atoms with E-state index in [4.69, 9.17) is 21.6 Å². The van der Waals surface area contributed by atoms with Crippen LogP contribution in [0.1, 0.15) is 15.9 Å². The third-order valence-electron chi connectivity index (χ3n) is 4.46. The summed E-state index contributed by atoms with van der Waals surface area (Å²) in [6.07, 6.45) is 0. The van der Waals surface area contributed by atoms with E-state index in [0.29, 0.717) is 36.6 Å². The molecule has 1 aliphatic rings. The van der Waals surface area contributed by atoms with Gasteiger partial charge >= 0.3 is 0 Å². The molecule has 0 atom stereocenters. The van der Waals surface area contributed by atoms with E-state index in [1.807, 2.05) is 6.07 Å². The second-order valence-electron chi connectivity index (χ2n) is 6.25. The van der Waals surface area contributed by atoms with Crippen LogP contribution in [0.15, 0.2) is 42.5 Å². The summed E-state index contributed by atoms with van der Waals surface area (Å²) in [6.45, 7) is 3.86. The minimum Gasteiger partial charge on any atom is -0.492 e. The molecule has 1 aliphatic heterocycles. The van der Waals surface area contributed by atoms with Gasteiger partial charge in [0.1, 0.15) is 18.2 Å². The first-order valence-electron chi connectivity index (χ1n) is 8.66. The van der Waals surface area contributed by atoms with Crippen LogP contribution in [0.2, 0.25) is 5.02 Å². The number of nitriles is 1. The maximum Gasteiger partial charge on any atom is 0.255 e. The topological polar surface area (TPSA) is 56.6 Å². The van der Waals surface area contributed by atoms with Crippen molar-refractivity contribution in [1.29, 1.82) is 5.26 Å². The second-order valence-corrected chi connectivity index (χ2v) is 6.65. The number of carbonyl (C=O) groups is 1. The van der Waals surface area contributed by atoms with Gasteiger partial charge in [0.2, 0.25) is 0 Å². The minimum atomic E-state index is -0.457. The molecule has 27 heavy (non-hydrogen) atoms. The summed E-state index contributed by atoms with van der Waals surface area (Å²) < 4.78 is 18.8. The molecule has 0 unspecified atom stereocenters. The Morgan fingerprint density at radius 3 is 2.67 bits per heavy atom. The van der Waals surface area contributed by atoms with Crippen molar-refractivity contribution in [2.45, 2.75) is 0 Å².